The molecular formula is C11H9BrFN5O. The van der Waals surface area contributed by atoms with Gasteiger partial charge in [0.25, 0.3) is 5.91 Å². The Labute approximate surface area is 116 Å². The molecule has 4 N–H and O–H groups in total. The van der Waals surface area contributed by atoms with E-state index in [0.717, 1.165) is 0 Å². The van der Waals surface area contributed by atoms with Gasteiger partial charge in [-0.05, 0) is 34.1 Å². The number of amides is 1. The highest BCUT2D eigenvalue weighted by Gasteiger charge is 2.10. The molecule has 1 heterocycles. The number of nitrogens with two attached hydrogens (primary N) is 1. The van der Waals surface area contributed by atoms with Gasteiger partial charge in [0, 0.05) is 5.69 Å². The first-order chi connectivity index (χ1) is 9.10. The first-order valence-corrected chi connectivity index (χ1v) is 5.94. The predicted octanol–water partition coefficient (Wildman–Crippen LogP) is 1.92. The lowest BCUT2D eigenvalue weighted by Gasteiger charge is -2.06. The van der Waals surface area contributed by atoms with Crippen molar-refractivity contribution in [2.24, 2.45) is 5.84 Å². The summed E-state index contributed by atoms with van der Waals surface area (Å²) in [6.45, 7) is 0. The van der Waals surface area contributed by atoms with Crippen LogP contribution in [0.25, 0.3) is 0 Å². The third-order valence-electron chi connectivity index (χ3n) is 2.19. The van der Waals surface area contributed by atoms with Crippen LogP contribution < -0.4 is 16.6 Å². The minimum Gasteiger partial charge on any atom is -0.321 e. The molecule has 0 aliphatic carbocycles. The van der Waals surface area contributed by atoms with Crippen LogP contribution >= 0.6 is 15.9 Å². The van der Waals surface area contributed by atoms with Gasteiger partial charge >= 0.3 is 0 Å². The van der Waals surface area contributed by atoms with Crippen LogP contribution in [0.5, 0.6) is 0 Å². The number of anilines is 2. The molecule has 0 saturated heterocycles. The van der Waals surface area contributed by atoms with Crippen LogP contribution in [0, 0.1) is 5.82 Å². The van der Waals surface area contributed by atoms with Crippen molar-refractivity contribution >= 4 is 33.3 Å². The standard InChI is InChI=1S/C11H9BrFN5O/c12-7-3-6(1-2-8(7)13)16-11(19)9-4-15-5-10(17-9)18-14/h1-5H,14H2,(H,16,19)(H,17,18). The van der Waals surface area contributed by atoms with E-state index in [1.54, 1.807) is 0 Å². The number of nitrogens with zero attached hydrogens (tertiary/aromatic N) is 2. The van der Waals surface area contributed by atoms with Gasteiger partial charge in [0.05, 0.1) is 16.9 Å². The molecule has 6 nitrogen and oxygen atoms in total. The summed E-state index contributed by atoms with van der Waals surface area (Å²) in [7, 11) is 0. The Morgan fingerprint density at radius 2 is 2.16 bits per heavy atom. The van der Waals surface area contributed by atoms with Gasteiger partial charge in [-0.25, -0.2) is 15.2 Å². The summed E-state index contributed by atoms with van der Waals surface area (Å²) in [5.41, 5.74) is 2.82. The fourth-order valence-corrected chi connectivity index (χ4v) is 1.69. The first-order valence-electron chi connectivity index (χ1n) is 5.15. The second-order valence-electron chi connectivity index (χ2n) is 3.52. The Morgan fingerprint density at radius 1 is 1.37 bits per heavy atom. The molecule has 0 radical (unpaired) electrons. The van der Waals surface area contributed by atoms with Crippen LogP contribution in [0.1, 0.15) is 10.5 Å². The number of carbonyl (C=O) groups excluding carboxylic acids is 1. The Bertz CT molecular complexity index is 622. The van der Waals surface area contributed by atoms with Gasteiger partial charge in [0.15, 0.2) is 5.82 Å². The van der Waals surface area contributed by atoms with E-state index in [0.29, 0.717) is 5.69 Å². The number of nitrogen functional groups attached to an aromatic ring is 1. The molecule has 0 aliphatic heterocycles. The maximum Gasteiger partial charge on any atom is 0.275 e. The number of benzene rings is 1. The van der Waals surface area contributed by atoms with E-state index in [9.17, 15) is 9.18 Å². The van der Waals surface area contributed by atoms with Crippen LogP contribution in [-0.2, 0) is 0 Å². The molecule has 0 aliphatic rings. The zero-order valence-corrected chi connectivity index (χ0v) is 11.1. The van der Waals surface area contributed by atoms with Gasteiger partial charge in [-0.1, -0.05) is 0 Å². The summed E-state index contributed by atoms with van der Waals surface area (Å²) in [4.78, 5) is 19.6. The number of rotatable bonds is 3. The number of hydrogen-bond donors (Lipinski definition) is 3. The van der Waals surface area contributed by atoms with Crippen molar-refractivity contribution in [2.45, 2.75) is 0 Å². The summed E-state index contributed by atoms with van der Waals surface area (Å²) in [5, 5.41) is 2.57. The molecular weight excluding hydrogens is 317 g/mol. The van der Waals surface area contributed by atoms with Crippen molar-refractivity contribution in [3.8, 4) is 0 Å². The molecule has 8 heteroatoms. The number of halogens is 2. The highest BCUT2D eigenvalue weighted by atomic mass is 79.9. The molecule has 0 atom stereocenters. The molecule has 19 heavy (non-hydrogen) atoms. The van der Waals surface area contributed by atoms with E-state index in [1.807, 2.05) is 0 Å². The largest absolute Gasteiger partial charge is 0.321 e. The average Bonchev–Trinajstić information content (AvgIpc) is 2.43. The SMILES string of the molecule is NNc1cncc(C(=O)Nc2ccc(F)c(Br)c2)n1. The van der Waals surface area contributed by atoms with Crippen molar-refractivity contribution in [1.82, 2.24) is 9.97 Å². The Morgan fingerprint density at radius 3 is 2.84 bits per heavy atom. The quantitative estimate of drug-likeness (QED) is 0.592. The molecule has 1 aromatic carbocycles. The smallest absolute Gasteiger partial charge is 0.275 e. The van der Waals surface area contributed by atoms with Crippen molar-refractivity contribution in [2.75, 3.05) is 10.7 Å². The van der Waals surface area contributed by atoms with Crippen molar-refractivity contribution in [3.05, 3.63) is 46.6 Å². The van der Waals surface area contributed by atoms with Gasteiger partial charge in [-0.15, -0.1) is 0 Å². The fourth-order valence-electron chi connectivity index (χ4n) is 1.31. The molecule has 0 fully saturated rings. The molecule has 2 rings (SSSR count). The van der Waals surface area contributed by atoms with E-state index in [4.69, 9.17) is 5.84 Å². The topological polar surface area (TPSA) is 92.9 Å². The minimum absolute atomic E-state index is 0.0934. The monoisotopic (exact) mass is 325 g/mol. The Hall–Kier alpha value is -2.06. The number of nitrogens with one attached hydrogen (secondary N) is 2. The molecule has 0 unspecified atom stereocenters. The zero-order valence-electron chi connectivity index (χ0n) is 9.52. The summed E-state index contributed by atoms with van der Waals surface area (Å²) < 4.78 is 13.3. The lowest BCUT2D eigenvalue weighted by Crippen LogP contribution is -2.16. The predicted molar refractivity (Wildman–Crippen MR) is 71.9 cm³/mol. The second kappa shape index (κ2) is 5.72. The van der Waals surface area contributed by atoms with E-state index in [1.165, 1.54) is 30.6 Å². The minimum atomic E-state index is -0.469. The lowest BCUT2D eigenvalue weighted by atomic mass is 10.3. The zero-order chi connectivity index (χ0) is 13.8. The van der Waals surface area contributed by atoms with Gasteiger partial charge in [-0.2, -0.15) is 0 Å². The number of carbonyl (C=O) groups is 1. The number of hydrazine groups is 1. The van der Waals surface area contributed by atoms with E-state index >= 15 is 0 Å². The van der Waals surface area contributed by atoms with Crippen molar-refractivity contribution in [3.63, 3.8) is 0 Å². The van der Waals surface area contributed by atoms with Crippen LogP contribution in [-0.4, -0.2) is 15.9 Å². The lowest BCUT2D eigenvalue weighted by molar-refractivity contribution is 0.102. The maximum atomic E-state index is 13.1. The van der Waals surface area contributed by atoms with Gasteiger partial charge in [-0.3, -0.25) is 9.78 Å². The van der Waals surface area contributed by atoms with E-state index in [-0.39, 0.29) is 16.0 Å². The van der Waals surface area contributed by atoms with Gasteiger partial charge < -0.3 is 10.7 Å². The first kappa shape index (κ1) is 13.4. The van der Waals surface area contributed by atoms with Gasteiger partial charge in [0.2, 0.25) is 0 Å². The van der Waals surface area contributed by atoms with Crippen LogP contribution in [0.4, 0.5) is 15.9 Å². The fraction of sp³-hybridized carbons (Fsp3) is 0. The molecule has 2 aromatic rings. The molecule has 0 bridgehead atoms. The van der Waals surface area contributed by atoms with E-state index < -0.39 is 11.7 Å². The molecule has 1 amide bonds. The highest BCUT2D eigenvalue weighted by Crippen LogP contribution is 2.20. The molecule has 98 valence electrons. The number of aromatic nitrogens is 2. The Balaban J connectivity index is 2.18. The molecule has 0 saturated carbocycles. The molecule has 0 spiro atoms. The highest BCUT2D eigenvalue weighted by molar-refractivity contribution is 9.10. The average molecular weight is 326 g/mol. The summed E-state index contributed by atoms with van der Waals surface area (Å²) >= 11 is 3.03. The third-order valence-corrected chi connectivity index (χ3v) is 2.80. The summed E-state index contributed by atoms with van der Waals surface area (Å²) in [5.74, 6) is 4.57. The van der Waals surface area contributed by atoms with Gasteiger partial charge in [0.1, 0.15) is 11.5 Å². The Kier molecular flexibility index (Phi) is 4.03. The normalized spacial score (nSPS) is 10.1. The van der Waals surface area contributed by atoms with Crippen LogP contribution in [0.15, 0.2) is 35.1 Å². The maximum absolute atomic E-state index is 13.1. The van der Waals surface area contributed by atoms with E-state index in [2.05, 4.69) is 36.6 Å². The van der Waals surface area contributed by atoms with Crippen LogP contribution in [0.3, 0.4) is 0 Å². The summed E-state index contributed by atoms with van der Waals surface area (Å²) in [6, 6.07) is 4.13. The second-order valence-corrected chi connectivity index (χ2v) is 4.37. The summed E-state index contributed by atoms with van der Waals surface area (Å²) in [6.07, 6.45) is 2.68. The third kappa shape index (κ3) is 3.24. The van der Waals surface area contributed by atoms with Crippen molar-refractivity contribution in [1.29, 1.82) is 0 Å². The van der Waals surface area contributed by atoms with Crippen molar-refractivity contribution < 1.29 is 9.18 Å². The molecule has 1 aromatic heterocycles. The number of hydrogen-bond acceptors (Lipinski definition) is 5. The van der Waals surface area contributed by atoms with Crippen LogP contribution in [0.2, 0.25) is 0 Å².